The fourth-order valence-corrected chi connectivity index (χ4v) is 5.39. The summed E-state index contributed by atoms with van der Waals surface area (Å²) < 4.78 is 6.41. The highest BCUT2D eigenvalue weighted by molar-refractivity contribution is 9.10. The fourth-order valence-electron chi connectivity index (χ4n) is 5.12. The van der Waals surface area contributed by atoms with Crippen molar-refractivity contribution < 1.29 is 14.0 Å². The van der Waals surface area contributed by atoms with Gasteiger partial charge in [0.15, 0.2) is 0 Å². The standard InChI is InChI=1S/C32H32BrN3O3/c33-28-15-13-27(14-16-28)32(38)36(24-29-12-7-23-39-29)18-17-30(37)34-19-21-35(22-20-34)31(25-8-3-1-4-9-25)26-10-5-2-6-11-26/h1-16,23,31H,17-22,24H2. The summed E-state index contributed by atoms with van der Waals surface area (Å²) in [5, 5.41) is 0. The highest BCUT2D eigenvalue weighted by atomic mass is 79.9. The number of carbonyl (C=O) groups is 2. The predicted octanol–water partition coefficient (Wildman–Crippen LogP) is 6.01. The van der Waals surface area contributed by atoms with E-state index < -0.39 is 0 Å². The number of rotatable bonds is 9. The number of piperazine rings is 1. The highest BCUT2D eigenvalue weighted by Gasteiger charge is 2.28. The van der Waals surface area contributed by atoms with Crippen LogP contribution < -0.4 is 0 Å². The van der Waals surface area contributed by atoms with Gasteiger partial charge in [0, 0.05) is 49.2 Å². The summed E-state index contributed by atoms with van der Waals surface area (Å²) in [5.74, 6) is 0.637. The number of benzene rings is 3. The second-order valence-corrected chi connectivity index (χ2v) is 10.6. The third-order valence-corrected chi connectivity index (χ3v) is 7.69. The Labute approximate surface area is 238 Å². The van der Waals surface area contributed by atoms with Gasteiger partial charge in [-0.15, -0.1) is 0 Å². The zero-order valence-corrected chi connectivity index (χ0v) is 23.4. The summed E-state index contributed by atoms with van der Waals surface area (Å²) in [6, 6.07) is 32.2. The fraction of sp³-hybridized carbons (Fsp3) is 0.250. The molecular formula is C32H32BrN3O3. The lowest BCUT2D eigenvalue weighted by molar-refractivity contribution is -0.133. The maximum atomic E-state index is 13.3. The summed E-state index contributed by atoms with van der Waals surface area (Å²) in [7, 11) is 0. The van der Waals surface area contributed by atoms with E-state index in [1.807, 2.05) is 35.2 Å². The van der Waals surface area contributed by atoms with Crippen molar-refractivity contribution >= 4 is 27.7 Å². The molecule has 1 fully saturated rings. The quantitative estimate of drug-likeness (QED) is 0.241. The number of furan rings is 1. The molecule has 2 heterocycles. The predicted molar refractivity (Wildman–Crippen MR) is 155 cm³/mol. The molecule has 1 aliphatic rings. The normalized spacial score (nSPS) is 13.9. The Hall–Kier alpha value is -3.68. The van der Waals surface area contributed by atoms with Crippen LogP contribution in [-0.2, 0) is 11.3 Å². The van der Waals surface area contributed by atoms with Gasteiger partial charge in [-0.2, -0.15) is 0 Å². The van der Waals surface area contributed by atoms with E-state index in [9.17, 15) is 9.59 Å². The van der Waals surface area contributed by atoms with Gasteiger partial charge in [0.25, 0.3) is 5.91 Å². The van der Waals surface area contributed by atoms with Gasteiger partial charge < -0.3 is 14.2 Å². The Bertz CT molecular complexity index is 1300. The number of carbonyl (C=O) groups excluding carboxylic acids is 2. The molecule has 39 heavy (non-hydrogen) atoms. The molecule has 3 aromatic carbocycles. The van der Waals surface area contributed by atoms with Crippen LogP contribution in [0.5, 0.6) is 0 Å². The van der Waals surface area contributed by atoms with Crippen LogP contribution in [0.1, 0.15) is 39.7 Å². The molecule has 0 spiro atoms. The highest BCUT2D eigenvalue weighted by Crippen LogP contribution is 2.29. The molecular weight excluding hydrogens is 554 g/mol. The molecule has 1 saturated heterocycles. The molecule has 0 atom stereocenters. The molecule has 0 bridgehead atoms. The van der Waals surface area contributed by atoms with Crippen LogP contribution in [0.4, 0.5) is 0 Å². The minimum Gasteiger partial charge on any atom is -0.467 e. The molecule has 200 valence electrons. The van der Waals surface area contributed by atoms with Gasteiger partial charge >= 0.3 is 0 Å². The third-order valence-electron chi connectivity index (χ3n) is 7.16. The van der Waals surface area contributed by atoms with Gasteiger partial charge in [0.1, 0.15) is 5.76 Å². The second-order valence-electron chi connectivity index (χ2n) is 9.70. The number of nitrogens with zero attached hydrogens (tertiary/aromatic N) is 3. The van der Waals surface area contributed by atoms with Crippen LogP contribution in [0.2, 0.25) is 0 Å². The lowest BCUT2D eigenvalue weighted by Crippen LogP contribution is -2.50. The lowest BCUT2D eigenvalue weighted by Gasteiger charge is -2.40. The molecule has 0 unspecified atom stereocenters. The first-order chi connectivity index (χ1) is 19.1. The van der Waals surface area contributed by atoms with E-state index in [1.165, 1.54) is 11.1 Å². The summed E-state index contributed by atoms with van der Waals surface area (Å²) in [6.45, 7) is 3.54. The zero-order chi connectivity index (χ0) is 27.0. The largest absolute Gasteiger partial charge is 0.467 e. The molecule has 0 radical (unpaired) electrons. The first kappa shape index (κ1) is 26.9. The molecule has 5 rings (SSSR count). The third kappa shape index (κ3) is 6.85. The zero-order valence-electron chi connectivity index (χ0n) is 21.8. The van der Waals surface area contributed by atoms with Gasteiger partial charge in [-0.3, -0.25) is 14.5 Å². The first-order valence-corrected chi connectivity index (χ1v) is 14.1. The van der Waals surface area contributed by atoms with Crippen molar-refractivity contribution in [1.29, 1.82) is 0 Å². The van der Waals surface area contributed by atoms with E-state index in [4.69, 9.17) is 4.42 Å². The second kappa shape index (κ2) is 12.9. The molecule has 1 aromatic heterocycles. The molecule has 6 nitrogen and oxygen atoms in total. The van der Waals surface area contributed by atoms with Crippen LogP contribution in [0.3, 0.4) is 0 Å². The number of amides is 2. The SMILES string of the molecule is O=C(CCN(Cc1ccco1)C(=O)c1ccc(Br)cc1)N1CCN(C(c2ccccc2)c2ccccc2)CC1. The Morgan fingerprint density at radius 3 is 1.97 bits per heavy atom. The Balaban J connectivity index is 1.22. The molecule has 7 heteroatoms. The van der Waals surface area contributed by atoms with Crippen molar-refractivity contribution in [2.75, 3.05) is 32.7 Å². The minimum atomic E-state index is -0.120. The summed E-state index contributed by atoms with van der Waals surface area (Å²) in [6.07, 6.45) is 1.87. The van der Waals surface area contributed by atoms with Crippen molar-refractivity contribution in [3.63, 3.8) is 0 Å². The number of halogens is 1. The molecule has 1 aliphatic heterocycles. The van der Waals surface area contributed by atoms with Crippen molar-refractivity contribution in [2.24, 2.45) is 0 Å². The van der Waals surface area contributed by atoms with E-state index in [-0.39, 0.29) is 24.3 Å². The van der Waals surface area contributed by atoms with Crippen molar-refractivity contribution in [2.45, 2.75) is 19.0 Å². The summed E-state index contributed by atoms with van der Waals surface area (Å²) in [4.78, 5) is 32.6. The van der Waals surface area contributed by atoms with Crippen LogP contribution in [0.15, 0.2) is 112 Å². The van der Waals surface area contributed by atoms with Crippen molar-refractivity contribution in [1.82, 2.24) is 14.7 Å². The van der Waals surface area contributed by atoms with E-state index in [0.717, 1.165) is 17.6 Å². The van der Waals surface area contributed by atoms with E-state index in [0.29, 0.717) is 37.5 Å². The van der Waals surface area contributed by atoms with E-state index >= 15 is 0 Å². The van der Waals surface area contributed by atoms with Gasteiger partial charge in [0.2, 0.25) is 5.91 Å². The lowest BCUT2D eigenvalue weighted by atomic mass is 9.96. The van der Waals surface area contributed by atoms with Crippen LogP contribution >= 0.6 is 15.9 Å². The molecule has 0 aliphatic carbocycles. The summed E-state index contributed by atoms with van der Waals surface area (Å²) in [5.41, 5.74) is 3.09. The Morgan fingerprint density at radius 2 is 1.41 bits per heavy atom. The molecule has 0 saturated carbocycles. The topological polar surface area (TPSA) is 57.0 Å². The van der Waals surface area contributed by atoms with Gasteiger partial charge in [-0.1, -0.05) is 76.6 Å². The van der Waals surface area contributed by atoms with Crippen LogP contribution in [0, 0.1) is 0 Å². The average Bonchev–Trinajstić information content (AvgIpc) is 3.50. The Kier molecular flexibility index (Phi) is 8.91. The Morgan fingerprint density at radius 1 is 0.795 bits per heavy atom. The van der Waals surface area contributed by atoms with Gasteiger partial charge in [-0.05, 0) is 47.5 Å². The van der Waals surface area contributed by atoms with Crippen LogP contribution in [-0.4, -0.2) is 59.2 Å². The van der Waals surface area contributed by atoms with Crippen molar-refractivity contribution in [3.8, 4) is 0 Å². The maximum Gasteiger partial charge on any atom is 0.254 e. The number of hydrogen-bond acceptors (Lipinski definition) is 4. The van der Waals surface area contributed by atoms with E-state index in [1.54, 1.807) is 29.4 Å². The smallest absolute Gasteiger partial charge is 0.254 e. The first-order valence-electron chi connectivity index (χ1n) is 13.3. The average molecular weight is 587 g/mol. The maximum absolute atomic E-state index is 13.3. The monoisotopic (exact) mass is 585 g/mol. The minimum absolute atomic E-state index is 0.0682. The van der Waals surface area contributed by atoms with Crippen LogP contribution in [0.25, 0.3) is 0 Å². The van der Waals surface area contributed by atoms with Crippen molar-refractivity contribution in [3.05, 3.63) is 130 Å². The van der Waals surface area contributed by atoms with Gasteiger partial charge in [-0.25, -0.2) is 0 Å². The summed E-state index contributed by atoms with van der Waals surface area (Å²) >= 11 is 3.42. The molecule has 2 amide bonds. The molecule has 4 aromatic rings. The molecule has 0 N–H and O–H groups in total. The van der Waals surface area contributed by atoms with E-state index in [2.05, 4.69) is 69.4 Å². The number of hydrogen-bond donors (Lipinski definition) is 0. The van der Waals surface area contributed by atoms with Gasteiger partial charge in [0.05, 0.1) is 18.8 Å².